The third-order valence-corrected chi connectivity index (χ3v) is 3.60. The van der Waals surface area contributed by atoms with Crippen LogP contribution in [0.15, 0.2) is 18.2 Å². The van der Waals surface area contributed by atoms with E-state index < -0.39 is 6.03 Å². The summed E-state index contributed by atoms with van der Waals surface area (Å²) in [7, 11) is 3.25. The maximum atomic E-state index is 11.9. The molecule has 0 heterocycles. The van der Waals surface area contributed by atoms with Gasteiger partial charge in [-0.2, -0.15) is 0 Å². The first-order chi connectivity index (χ1) is 10.9. The van der Waals surface area contributed by atoms with Crippen LogP contribution >= 0.6 is 0 Å². The molecule has 7 heteroatoms. The molecule has 2 rings (SSSR count). The molecule has 1 saturated carbocycles. The summed E-state index contributed by atoms with van der Waals surface area (Å²) >= 11 is 0. The average molecular weight is 318 g/mol. The van der Waals surface area contributed by atoms with Crippen LogP contribution in [-0.2, 0) is 9.59 Å². The second kappa shape index (κ2) is 7.13. The van der Waals surface area contributed by atoms with Gasteiger partial charge in [-0.25, -0.2) is 4.79 Å². The molecule has 7 nitrogen and oxygen atoms in total. The van der Waals surface area contributed by atoms with Crippen LogP contribution in [0.3, 0.4) is 0 Å². The molecule has 0 saturated heterocycles. The van der Waals surface area contributed by atoms with Gasteiger partial charge in [-0.05, 0) is 37.5 Å². The maximum Gasteiger partial charge on any atom is 0.319 e. The zero-order valence-electron chi connectivity index (χ0n) is 13.6. The van der Waals surface area contributed by atoms with Crippen molar-refractivity contribution in [2.75, 3.05) is 31.3 Å². The SMILES string of the molecule is Cc1ccc(NC(=O)C2CC2)cc1NC(=O)NCC(=O)N(C)C. The Bertz CT molecular complexity index is 624. The van der Waals surface area contributed by atoms with Gasteiger partial charge < -0.3 is 20.9 Å². The number of rotatable bonds is 5. The van der Waals surface area contributed by atoms with Crippen molar-refractivity contribution >= 4 is 29.2 Å². The van der Waals surface area contributed by atoms with Crippen molar-refractivity contribution in [3.63, 3.8) is 0 Å². The van der Waals surface area contributed by atoms with Crippen LogP contribution in [0.25, 0.3) is 0 Å². The zero-order chi connectivity index (χ0) is 17.0. The molecule has 0 unspecified atom stereocenters. The lowest BCUT2D eigenvalue weighted by molar-refractivity contribution is -0.127. The second-order valence-corrected chi connectivity index (χ2v) is 5.89. The minimum Gasteiger partial charge on any atom is -0.347 e. The topological polar surface area (TPSA) is 90.5 Å². The standard InChI is InChI=1S/C16H22N4O3/c1-10-4-7-12(18-15(22)11-5-6-11)8-13(10)19-16(23)17-9-14(21)20(2)3/h4,7-8,11H,5-6,9H2,1-3H3,(H,18,22)(H2,17,19,23). The van der Waals surface area contributed by atoms with Crippen molar-refractivity contribution in [2.45, 2.75) is 19.8 Å². The molecule has 1 aromatic rings. The van der Waals surface area contributed by atoms with Crippen LogP contribution in [0, 0.1) is 12.8 Å². The highest BCUT2D eigenvalue weighted by atomic mass is 16.2. The Morgan fingerprint density at radius 2 is 1.87 bits per heavy atom. The summed E-state index contributed by atoms with van der Waals surface area (Å²) in [4.78, 5) is 36.5. The van der Waals surface area contributed by atoms with E-state index in [1.165, 1.54) is 4.90 Å². The van der Waals surface area contributed by atoms with E-state index in [0.29, 0.717) is 11.4 Å². The Kier molecular flexibility index (Phi) is 5.20. The largest absolute Gasteiger partial charge is 0.347 e. The number of hydrogen-bond acceptors (Lipinski definition) is 3. The van der Waals surface area contributed by atoms with Gasteiger partial charge in [0.25, 0.3) is 0 Å². The third-order valence-electron chi connectivity index (χ3n) is 3.60. The van der Waals surface area contributed by atoms with Crippen molar-refractivity contribution in [1.82, 2.24) is 10.2 Å². The van der Waals surface area contributed by atoms with Gasteiger partial charge in [0, 0.05) is 31.4 Å². The Morgan fingerprint density at radius 1 is 1.17 bits per heavy atom. The van der Waals surface area contributed by atoms with Crippen molar-refractivity contribution < 1.29 is 14.4 Å². The number of anilines is 2. The molecule has 0 atom stereocenters. The number of carbonyl (C=O) groups is 3. The molecule has 1 fully saturated rings. The van der Waals surface area contributed by atoms with Crippen LogP contribution in [0.1, 0.15) is 18.4 Å². The smallest absolute Gasteiger partial charge is 0.319 e. The van der Waals surface area contributed by atoms with Crippen LogP contribution in [0.4, 0.5) is 16.2 Å². The number of nitrogens with one attached hydrogen (secondary N) is 3. The van der Waals surface area contributed by atoms with Crippen LogP contribution in [0.2, 0.25) is 0 Å². The van der Waals surface area contributed by atoms with Crippen molar-refractivity contribution in [3.05, 3.63) is 23.8 Å². The fourth-order valence-corrected chi connectivity index (χ4v) is 1.90. The van der Waals surface area contributed by atoms with E-state index in [-0.39, 0.29) is 24.3 Å². The number of carbonyl (C=O) groups excluding carboxylic acids is 3. The first-order valence-corrected chi connectivity index (χ1v) is 7.53. The van der Waals surface area contributed by atoms with E-state index in [1.54, 1.807) is 26.2 Å². The minimum atomic E-state index is -0.464. The molecule has 1 aliphatic rings. The lowest BCUT2D eigenvalue weighted by atomic mass is 10.1. The van der Waals surface area contributed by atoms with Gasteiger partial charge in [-0.1, -0.05) is 6.07 Å². The van der Waals surface area contributed by atoms with Gasteiger partial charge in [0.05, 0.1) is 6.54 Å². The van der Waals surface area contributed by atoms with Crippen molar-refractivity contribution in [2.24, 2.45) is 5.92 Å². The highest BCUT2D eigenvalue weighted by Gasteiger charge is 2.29. The van der Waals surface area contributed by atoms with Gasteiger partial charge in [-0.15, -0.1) is 0 Å². The highest BCUT2D eigenvalue weighted by Crippen LogP contribution is 2.30. The summed E-state index contributed by atoms with van der Waals surface area (Å²) in [6, 6.07) is 4.87. The number of likely N-dealkylation sites (N-methyl/N-ethyl adjacent to an activating group) is 1. The molecule has 0 spiro atoms. The van der Waals surface area contributed by atoms with Gasteiger partial charge in [-0.3, -0.25) is 9.59 Å². The van der Waals surface area contributed by atoms with Gasteiger partial charge in [0.15, 0.2) is 0 Å². The molecular weight excluding hydrogens is 296 g/mol. The molecule has 0 aromatic heterocycles. The first-order valence-electron chi connectivity index (χ1n) is 7.53. The molecule has 1 aromatic carbocycles. The number of benzene rings is 1. The molecule has 1 aliphatic carbocycles. The van der Waals surface area contributed by atoms with E-state index in [4.69, 9.17) is 0 Å². The van der Waals surface area contributed by atoms with Crippen molar-refractivity contribution in [1.29, 1.82) is 0 Å². The first kappa shape index (κ1) is 16.8. The molecular formula is C16H22N4O3. The Hall–Kier alpha value is -2.57. The second-order valence-electron chi connectivity index (χ2n) is 5.89. The van der Waals surface area contributed by atoms with E-state index in [2.05, 4.69) is 16.0 Å². The number of nitrogens with zero attached hydrogens (tertiary/aromatic N) is 1. The van der Waals surface area contributed by atoms with Crippen LogP contribution in [-0.4, -0.2) is 43.4 Å². The Morgan fingerprint density at radius 3 is 2.48 bits per heavy atom. The summed E-state index contributed by atoms with van der Waals surface area (Å²) < 4.78 is 0. The number of hydrogen-bond donors (Lipinski definition) is 3. The quantitative estimate of drug-likeness (QED) is 0.769. The number of aryl methyl sites for hydroxylation is 1. The summed E-state index contributed by atoms with van der Waals surface area (Å²) in [5.41, 5.74) is 2.10. The minimum absolute atomic E-state index is 0.0147. The number of amides is 4. The number of urea groups is 1. The van der Waals surface area contributed by atoms with E-state index >= 15 is 0 Å². The zero-order valence-corrected chi connectivity index (χ0v) is 13.6. The normalized spacial score (nSPS) is 13.2. The fourth-order valence-electron chi connectivity index (χ4n) is 1.90. The van der Waals surface area contributed by atoms with Gasteiger partial charge >= 0.3 is 6.03 Å². The molecule has 0 bridgehead atoms. The average Bonchev–Trinajstić information content (AvgIpc) is 3.32. The van der Waals surface area contributed by atoms with E-state index in [1.807, 2.05) is 13.0 Å². The molecule has 0 radical (unpaired) electrons. The maximum absolute atomic E-state index is 11.9. The van der Waals surface area contributed by atoms with Crippen LogP contribution < -0.4 is 16.0 Å². The fraction of sp³-hybridized carbons (Fsp3) is 0.438. The van der Waals surface area contributed by atoms with E-state index in [0.717, 1.165) is 18.4 Å². The van der Waals surface area contributed by atoms with Gasteiger partial charge in [0.2, 0.25) is 11.8 Å². The van der Waals surface area contributed by atoms with Crippen LogP contribution in [0.5, 0.6) is 0 Å². The Labute approximate surface area is 135 Å². The summed E-state index contributed by atoms with van der Waals surface area (Å²) in [6.45, 7) is 1.78. The Balaban J connectivity index is 1.94. The molecule has 3 N–H and O–H groups in total. The molecule has 0 aliphatic heterocycles. The molecule has 124 valence electrons. The molecule has 4 amide bonds. The summed E-state index contributed by atoms with van der Waals surface area (Å²) in [6.07, 6.45) is 1.87. The third kappa shape index (κ3) is 4.98. The highest BCUT2D eigenvalue weighted by molar-refractivity contribution is 5.96. The van der Waals surface area contributed by atoms with E-state index in [9.17, 15) is 14.4 Å². The predicted octanol–water partition coefficient (Wildman–Crippen LogP) is 1.55. The lowest BCUT2D eigenvalue weighted by Crippen LogP contribution is -2.38. The van der Waals surface area contributed by atoms with Crippen molar-refractivity contribution in [3.8, 4) is 0 Å². The predicted molar refractivity (Wildman–Crippen MR) is 88.2 cm³/mol. The summed E-state index contributed by atoms with van der Waals surface area (Å²) in [5, 5.41) is 8.03. The lowest BCUT2D eigenvalue weighted by Gasteiger charge is -2.14. The summed E-state index contributed by atoms with van der Waals surface area (Å²) in [5.74, 6) is -0.0591. The molecule has 23 heavy (non-hydrogen) atoms. The monoisotopic (exact) mass is 318 g/mol. The van der Waals surface area contributed by atoms with Gasteiger partial charge in [0.1, 0.15) is 0 Å².